The first kappa shape index (κ1) is 15.4. The Balaban J connectivity index is 1.88. The number of benzene rings is 1. The van der Waals surface area contributed by atoms with Crippen molar-refractivity contribution in [3.05, 3.63) is 22.2 Å². The molecule has 4 N–H and O–H groups in total. The zero-order valence-electron chi connectivity index (χ0n) is 10.9. The predicted molar refractivity (Wildman–Crippen MR) is 81.2 cm³/mol. The molecule has 20 heavy (non-hydrogen) atoms. The lowest BCUT2D eigenvalue weighted by Gasteiger charge is -2.15. The molecule has 0 aromatic heterocycles. The van der Waals surface area contributed by atoms with E-state index in [9.17, 15) is 9.90 Å². The lowest BCUT2D eigenvalue weighted by Crippen LogP contribution is -2.26. The summed E-state index contributed by atoms with van der Waals surface area (Å²) in [5, 5.41) is 12.7. The number of β-amino-alcohol motifs (C(OH)–C–C–N with tert-alkyl or cyclic N) is 1. The Labute approximate surface area is 127 Å². The lowest BCUT2D eigenvalue weighted by molar-refractivity contribution is -0.116. The fourth-order valence-electron chi connectivity index (χ4n) is 2.19. The second kappa shape index (κ2) is 6.63. The van der Waals surface area contributed by atoms with Crippen LogP contribution in [0.5, 0.6) is 0 Å². The molecule has 1 aliphatic rings. The summed E-state index contributed by atoms with van der Waals surface area (Å²) in [7, 11) is 0. The summed E-state index contributed by atoms with van der Waals surface area (Å²) in [5.74, 6) is -0.167. The molecule has 1 aliphatic heterocycles. The van der Waals surface area contributed by atoms with E-state index in [4.69, 9.17) is 28.9 Å². The van der Waals surface area contributed by atoms with E-state index in [-0.39, 0.29) is 12.0 Å². The highest BCUT2D eigenvalue weighted by Gasteiger charge is 2.20. The monoisotopic (exact) mass is 317 g/mol. The number of nitrogens with two attached hydrogens (primary N) is 1. The van der Waals surface area contributed by atoms with Gasteiger partial charge in [-0.2, -0.15) is 0 Å². The van der Waals surface area contributed by atoms with E-state index in [1.54, 1.807) is 12.1 Å². The van der Waals surface area contributed by atoms with E-state index in [2.05, 4.69) is 10.2 Å². The number of nitrogen functional groups attached to an aromatic ring is 1. The summed E-state index contributed by atoms with van der Waals surface area (Å²) < 4.78 is 0. The molecule has 1 atom stereocenters. The molecule has 1 saturated heterocycles. The van der Waals surface area contributed by atoms with Gasteiger partial charge in [0.05, 0.1) is 21.8 Å². The van der Waals surface area contributed by atoms with Crippen LogP contribution in [0, 0.1) is 0 Å². The average molecular weight is 318 g/mol. The molecule has 0 saturated carbocycles. The Morgan fingerprint density at radius 2 is 2.10 bits per heavy atom. The van der Waals surface area contributed by atoms with Crippen molar-refractivity contribution in [3.63, 3.8) is 0 Å². The van der Waals surface area contributed by atoms with E-state index in [0.29, 0.717) is 40.9 Å². The topological polar surface area (TPSA) is 78.6 Å². The highest BCUT2D eigenvalue weighted by Crippen LogP contribution is 2.32. The fraction of sp³-hybridized carbons (Fsp3) is 0.462. The first-order valence-electron chi connectivity index (χ1n) is 6.40. The number of hydrogen-bond acceptors (Lipinski definition) is 4. The van der Waals surface area contributed by atoms with Gasteiger partial charge in [-0.25, -0.2) is 0 Å². The van der Waals surface area contributed by atoms with Crippen LogP contribution < -0.4 is 11.1 Å². The number of likely N-dealkylation sites (tertiary alicyclic amines) is 1. The highest BCUT2D eigenvalue weighted by atomic mass is 35.5. The number of carbonyl (C=O) groups is 1. The summed E-state index contributed by atoms with van der Waals surface area (Å²) in [4.78, 5) is 13.9. The lowest BCUT2D eigenvalue weighted by atomic mass is 10.2. The normalized spacial score (nSPS) is 19.2. The van der Waals surface area contributed by atoms with Gasteiger partial charge in [-0.1, -0.05) is 23.2 Å². The molecule has 0 aliphatic carbocycles. The Morgan fingerprint density at radius 3 is 2.65 bits per heavy atom. The van der Waals surface area contributed by atoms with Gasteiger partial charge in [-0.15, -0.1) is 0 Å². The van der Waals surface area contributed by atoms with Crippen molar-refractivity contribution in [1.29, 1.82) is 0 Å². The van der Waals surface area contributed by atoms with Crippen LogP contribution in [0.4, 0.5) is 11.4 Å². The van der Waals surface area contributed by atoms with Gasteiger partial charge in [-0.3, -0.25) is 4.79 Å². The van der Waals surface area contributed by atoms with Gasteiger partial charge in [0.15, 0.2) is 0 Å². The van der Waals surface area contributed by atoms with Crippen molar-refractivity contribution in [2.75, 3.05) is 30.7 Å². The number of aliphatic hydroxyl groups is 1. The van der Waals surface area contributed by atoms with Crippen molar-refractivity contribution < 1.29 is 9.90 Å². The Morgan fingerprint density at radius 1 is 1.45 bits per heavy atom. The third kappa shape index (κ3) is 3.99. The number of nitrogens with zero attached hydrogens (tertiary/aromatic N) is 1. The number of halogens is 2. The minimum Gasteiger partial charge on any atom is -0.399 e. The van der Waals surface area contributed by atoms with Gasteiger partial charge in [0, 0.05) is 31.7 Å². The van der Waals surface area contributed by atoms with Crippen molar-refractivity contribution >= 4 is 40.5 Å². The third-order valence-corrected chi connectivity index (χ3v) is 3.83. The van der Waals surface area contributed by atoms with E-state index in [0.717, 1.165) is 13.0 Å². The van der Waals surface area contributed by atoms with Crippen molar-refractivity contribution in [2.24, 2.45) is 0 Å². The van der Waals surface area contributed by atoms with Gasteiger partial charge in [0.2, 0.25) is 5.91 Å². The van der Waals surface area contributed by atoms with Crippen LogP contribution in [0.15, 0.2) is 12.1 Å². The number of aliphatic hydroxyl groups excluding tert-OH is 1. The second-order valence-electron chi connectivity index (χ2n) is 4.90. The number of hydrogen-bond donors (Lipinski definition) is 3. The smallest absolute Gasteiger partial charge is 0.225 e. The zero-order valence-corrected chi connectivity index (χ0v) is 12.4. The number of carbonyl (C=O) groups excluding carboxylic acids is 1. The van der Waals surface area contributed by atoms with Crippen LogP contribution in [0.3, 0.4) is 0 Å². The van der Waals surface area contributed by atoms with E-state index >= 15 is 0 Å². The number of rotatable bonds is 4. The quantitative estimate of drug-likeness (QED) is 0.742. The van der Waals surface area contributed by atoms with Crippen LogP contribution >= 0.6 is 23.2 Å². The largest absolute Gasteiger partial charge is 0.399 e. The van der Waals surface area contributed by atoms with Crippen LogP contribution in [0.1, 0.15) is 12.8 Å². The van der Waals surface area contributed by atoms with Gasteiger partial charge >= 0.3 is 0 Å². The molecule has 1 heterocycles. The fourth-order valence-corrected chi connectivity index (χ4v) is 2.79. The maximum absolute atomic E-state index is 11.9. The summed E-state index contributed by atoms with van der Waals surface area (Å²) in [6, 6.07) is 3.08. The Hall–Kier alpha value is -1.01. The summed E-state index contributed by atoms with van der Waals surface area (Å²) in [5.41, 5.74) is 6.43. The minimum atomic E-state index is -0.279. The Bertz CT molecular complexity index is 487. The van der Waals surface area contributed by atoms with E-state index < -0.39 is 0 Å². The number of anilines is 2. The molecule has 2 rings (SSSR count). The molecular weight excluding hydrogens is 301 g/mol. The van der Waals surface area contributed by atoms with Gasteiger partial charge in [0.25, 0.3) is 0 Å². The highest BCUT2D eigenvalue weighted by molar-refractivity contribution is 6.40. The van der Waals surface area contributed by atoms with Crippen molar-refractivity contribution in [2.45, 2.75) is 18.9 Å². The third-order valence-electron chi connectivity index (χ3n) is 3.23. The molecule has 7 heteroatoms. The predicted octanol–water partition coefficient (Wildman–Crippen LogP) is 1.97. The number of nitrogens with one attached hydrogen (secondary N) is 1. The standard InChI is InChI=1S/C13H17Cl2N3O2/c14-10-5-8(16)6-11(15)13(10)17-12(20)2-4-18-3-1-9(19)7-18/h5-6,9,19H,1-4,7,16H2,(H,17,20). The maximum atomic E-state index is 11.9. The molecule has 110 valence electrons. The SMILES string of the molecule is Nc1cc(Cl)c(NC(=O)CCN2CCC(O)C2)c(Cl)c1. The molecule has 1 fully saturated rings. The first-order valence-corrected chi connectivity index (χ1v) is 7.16. The van der Waals surface area contributed by atoms with Gasteiger partial charge in [0.1, 0.15) is 0 Å². The Kier molecular flexibility index (Phi) is 5.10. The average Bonchev–Trinajstić information content (AvgIpc) is 2.77. The molecule has 0 spiro atoms. The molecule has 1 amide bonds. The minimum absolute atomic E-state index is 0.167. The molecular formula is C13H17Cl2N3O2. The van der Waals surface area contributed by atoms with E-state index in [1.807, 2.05) is 0 Å². The summed E-state index contributed by atoms with van der Waals surface area (Å²) >= 11 is 12.0. The van der Waals surface area contributed by atoms with E-state index in [1.165, 1.54) is 0 Å². The molecule has 1 aromatic rings. The van der Waals surface area contributed by atoms with Crippen molar-refractivity contribution in [3.8, 4) is 0 Å². The summed E-state index contributed by atoms with van der Waals surface area (Å²) in [6.07, 6.45) is 0.806. The molecule has 0 radical (unpaired) electrons. The zero-order chi connectivity index (χ0) is 14.7. The van der Waals surface area contributed by atoms with Gasteiger partial charge < -0.3 is 21.1 Å². The van der Waals surface area contributed by atoms with Crippen molar-refractivity contribution in [1.82, 2.24) is 4.90 Å². The molecule has 0 bridgehead atoms. The second-order valence-corrected chi connectivity index (χ2v) is 5.72. The molecule has 5 nitrogen and oxygen atoms in total. The first-order chi connectivity index (χ1) is 9.45. The molecule has 1 unspecified atom stereocenters. The van der Waals surface area contributed by atoms with Gasteiger partial charge in [-0.05, 0) is 18.6 Å². The summed E-state index contributed by atoms with van der Waals surface area (Å²) in [6.45, 7) is 2.04. The van der Waals surface area contributed by atoms with Crippen LogP contribution in [0.2, 0.25) is 10.0 Å². The molecule has 1 aromatic carbocycles. The number of amides is 1. The van der Waals surface area contributed by atoms with Crippen LogP contribution in [-0.4, -0.2) is 41.7 Å². The maximum Gasteiger partial charge on any atom is 0.225 e. The van der Waals surface area contributed by atoms with Crippen LogP contribution in [0.25, 0.3) is 0 Å². The van der Waals surface area contributed by atoms with Crippen LogP contribution in [-0.2, 0) is 4.79 Å².